The summed E-state index contributed by atoms with van der Waals surface area (Å²) in [6.07, 6.45) is 3.82. The highest BCUT2D eigenvalue weighted by molar-refractivity contribution is 7.05. The van der Waals surface area contributed by atoms with Gasteiger partial charge >= 0.3 is 0 Å². The molecule has 2 aromatic rings. The highest BCUT2D eigenvalue weighted by Gasteiger charge is 2.16. The van der Waals surface area contributed by atoms with Crippen LogP contribution in [0.5, 0.6) is 0 Å². The van der Waals surface area contributed by atoms with Gasteiger partial charge in [0.15, 0.2) is 0 Å². The van der Waals surface area contributed by atoms with Gasteiger partial charge in [0.25, 0.3) is 0 Å². The third-order valence-corrected chi connectivity index (χ3v) is 4.51. The molecule has 0 amide bonds. The molecule has 0 bridgehead atoms. The fraction of sp³-hybridized carbons (Fsp3) is 0.429. The Hall–Kier alpha value is -1.26. The maximum Gasteiger partial charge on any atom is 0.0957 e. The minimum absolute atomic E-state index is 0.482. The molecule has 18 heavy (non-hydrogen) atoms. The van der Waals surface area contributed by atoms with Crippen LogP contribution in [-0.2, 0) is 19.3 Å². The highest BCUT2D eigenvalue weighted by atomic mass is 32.1. The first-order valence-corrected chi connectivity index (χ1v) is 7.09. The Morgan fingerprint density at radius 2 is 2.17 bits per heavy atom. The van der Waals surface area contributed by atoms with Gasteiger partial charge in [-0.1, -0.05) is 22.7 Å². The van der Waals surface area contributed by atoms with Gasteiger partial charge in [-0.15, -0.1) is 5.10 Å². The summed E-state index contributed by atoms with van der Waals surface area (Å²) < 4.78 is 3.87. The van der Waals surface area contributed by atoms with E-state index < -0.39 is 6.10 Å². The van der Waals surface area contributed by atoms with E-state index in [0.29, 0.717) is 6.42 Å². The number of aromatic nitrogens is 2. The lowest BCUT2D eigenvalue weighted by Crippen LogP contribution is -2.02. The number of nitrogens with zero attached hydrogens (tertiary/aromatic N) is 2. The van der Waals surface area contributed by atoms with Gasteiger partial charge < -0.3 is 5.11 Å². The zero-order chi connectivity index (χ0) is 12.5. The van der Waals surface area contributed by atoms with E-state index in [1.54, 1.807) is 0 Å². The second-order valence-electron chi connectivity index (χ2n) is 4.90. The Bertz CT molecular complexity index is 565. The first-order valence-electron chi connectivity index (χ1n) is 6.31. The zero-order valence-electron chi connectivity index (χ0n) is 10.4. The molecule has 0 saturated heterocycles. The van der Waals surface area contributed by atoms with Crippen molar-refractivity contribution in [2.45, 2.75) is 38.7 Å². The minimum Gasteiger partial charge on any atom is -0.387 e. The fourth-order valence-electron chi connectivity index (χ4n) is 2.61. The Kier molecular flexibility index (Phi) is 3.14. The average Bonchev–Trinajstić information content (AvgIpc) is 2.96. The lowest BCUT2D eigenvalue weighted by Gasteiger charge is -2.10. The summed E-state index contributed by atoms with van der Waals surface area (Å²) in [5, 5.41) is 14.2. The SMILES string of the molecule is Cc1nnsc1C(O)Cc1ccc2c(c1)CCC2. The lowest BCUT2D eigenvalue weighted by atomic mass is 10.0. The summed E-state index contributed by atoms with van der Waals surface area (Å²) >= 11 is 1.29. The predicted molar refractivity (Wildman–Crippen MR) is 71.8 cm³/mol. The van der Waals surface area contributed by atoms with E-state index in [2.05, 4.69) is 27.8 Å². The van der Waals surface area contributed by atoms with Gasteiger partial charge in [-0.05, 0) is 54.4 Å². The largest absolute Gasteiger partial charge is 0.387 e. The number of aliphatic hydroxyl groups excluding tert-OH is 1. The molecule has 1 aromatic heterocycles. The van der Waals surface area contributed by atoms with Crippen molar-refractivity contribution >= 4 is 11.5 Å². The second-order valence-corrected chi connectivity index (χ2v) is 5.68. The lowest BCUT2D eigenvalue weighted by molar-refractivity contribution is 0.181. The van der Waals surface area contributed by atoms with Gasteiger partial charge in [-0.3, -0.25) is 0 Å². The maximum absolute atomic E-state index is 10.2. The van der Waals surface area contributed by atoms with Crippen molar-refractivity contribution in [3.63, 3.8) is 0 Å². The highest BCUT2D eigenvalue weighted by Crippen LogP contribution is 2.27. The molecule has 0 saturated carbocycles. The molecule has 1 atom stereocenters. The number of rotatable bonds is 3. The standard InChI is InChI=1S/C14H16N2OS/c1-9-14(18-16-15-9)13(17)8-10-5-6-11-3-2-4-12(11)7-10/h5-7,13,17H,2-4,8H2,1H3. The molecular weight excluding hydrogens is 244 g/mol. The number of aliphatic hydroxyl groups is 1. The summed E-state index contributed by atoms with van der Waals surface area (Å²) in [4.78, 5) is 0.885. The number of fused-ring (bicyclic) bond motifs is 1. The van der Waals surface area contributed by atoms with Crippen LogP contribution in [0.15, 0.2) is 18.2 Å². The molecule has 1 N–H and O–H groups in total. The molecule has 94 valence electrons. The topological polar surface area (TPSA) is 46.0 Å². The first kappa shape index (κ1) is 11.8. The van der Waals surface area contributed by atoms with Crippen LogP contribution in [0.25, 0.3) is 0 Å². The van der Waals surface area contributed by atoms with Crippen LogP contribution >= 0.6 is 11.5 Å². The number of benzene rings is 1. The van der Waals surface area contributed by atoms with Gasteiger partial charge in [-0.25, -0.2) is 0 Å². The monoisotopic (exact) mass is 260 g/mol. The van der Waals surface area contributed by atoms with Crippen LogP contribution < -0.4 is 0 Å². The Morgan fingerprint density at radius 3 is 2.94 bits per heavy atom. The summed E-state index contributed by atoms with van der Waals surface area (Å²) in [7, 11) is 0. The molecule has 1 aromatic carbocycles. The number of hydrogen-bond donors (Lipinski definition) is 1. The van der Waals surface area contributed by atoms with Gasteiger partial charge in [0.2, 0.25) is 0 Å². The summed E-state index contributed by atoms with van der Waals surface area (Å²) in [5.41, 5.74) is 4.98. The van der Waals surface area contributed by atoms with Crippen molar-refractivity contribution in [2.24, 2.45) is 0 Å². The quantitative estimate of drug-likeness (QED) is 0.922. The Balaban J connectivity index is 1.79. The molecule has 0 spiro atoms. The van der Waals surface area contributed by atoms with Crippen molar-refractivity contribution in [2.75, 3.05) is 0 Å². The summed E-state index contributed by atoms with van der Waals surface area (Å²) in [5.74, 6) is 0. The van der Waals surface area contributed by atoms with Crippen LogP contribution in [-0.4, -0.2) is 14.7 Å². The van der Waals surface area contributed by atoms with Gasteiger partial charge in [0, 0.05) is 6.42 Å². The molecular formula is C14H16N2OS. The second kappa shape index (κ2) is 4.78. The normalized spacial score (nSPS) is 15.7. The maximum atomic E-state index is 10.2. The van der Waals surface area contributed by atoms with E-state index in [4.69, 9.17) is 0 Å². The average molecular weight is 260 g/mol. The fourth-order valence-corrected chi connectivity index (χ4v) is 3.24. The van der Waals surface area contributed by atoms with Crippen molar-refractivity contribution in [1.29, 1.82) is 0 Å². The predicted octanol–water partition coefficient (Wildman–Crippen LogP) is 2.61. The first-order chi connectivity index (χ1) is 8.74. The summed E-state index contributed by atoms with van der Waals surface area (Å²) in [6.45, 7) is 1.89. The zero-order valence-corrected chi connectivity index (χ0v) is 11.2. The molecule has 1 heterocycles. The van der Waals surface area contributed by atoms with E-state index in [1.807, 2.05) is 6.92 Å². The van der Waals surface area contributed by atoms with E-state index in [9.17, 15) is 5.11 Å². The van der Waals surface area contributed by atoms with Crippen molar-refractivity contribution in [1.82, 2.24) is 9.59 Å². The van der Waals surface area contributed by atoms with Gasteiger partial charge in [0.05, 0.1) is 16.7 Å². The molecule has 3 rings (SSSR count). The third kappa shape index (κ3) is 2.18. The Morgan fingerprint density at radius 1 is 1.33 bits per heavy atom. The van der Waals surface area contributed by atoms with Crippen LogP contribution in [0, 0.1) is 6.92 Å². The number of aryl methyl sites for hydroxylation is 3. The molecule has 0 fully saturated rings. The van der Waals surface area contributed by atoms with Crippen molar-refractivity contribution < 1.29 is 5.11 Å². The van der Waals surface area contributed by atoms with Crippen LogP contribution in [0.1, 0.15) is 39.8 Å². The van der Waals surface area contributed by atoms with E-state index in [0.717, 1.165) is 10.6 Å². The van der Waals surface area contributed by atoms with E-state index >= 15 is 0 Å². The molecule has 4 heteroatoms. The third-order valence-electron chi connectivity index (χ3n) is 3.58. The van der Waals surface area contributed by atoms with Gasteiger partial charge in [0.1, 0.15) is 0 Å². The molecule has 3 nitrogen and oxygen atoms in total. The van der Waals surface area contributed by atoms with Crippen molar-refractivity contribution in [3.05, 3.63) is 45.5 Å². The Labute approximate surface area is 111 Å². The number of hydrogen-bond acceptors (Lipinski definition) is 4. The van der Waals surface area contributed by atoms with E-state index in [-0.39, 0.29) is 0 Å². The molecule has 1 aliphatic carbocycles. The van der Waals surface area contributed by atoms with Crippen LogP contribution in [0.4, 0.5) is 0 Å². The summed E-state index contributed by atoms with van der Waals surface area (Å²) in [6, 6.07) is 6.59. The molecule has 1 aliphatic rings. The van der Waals surface area contributed by atoms with Gasteiger partial charge in [-0.2, -0.15) is 0 Å². The van der Waals surface area contributed by atoms with Crippen LogP contribution in [0.2, 0.25) is 0 Å². The molecule has 0 radical (unpaired) electrons. The van der Waals surface area contributed by atoms with Crippen molar-refractivity contribution in [3.8, 4) is 0 Å². The van der Waals surface area contributed by atoms with E-state index in [1.165, 1.54) is 47.5 Å². The smallest absolute Gasteiger partial charge is 0.0957 e. The van der Waals surface area contributed by atoms with Crippen LogP contribution in [0.3, 0.4) is 0 Å². The minimum atomic E-state index is -0.482. The molecule has 0 aliphatic heterocycles. The molecule has 1 unspecified atom stereocenters.